The number of furan rings is 1. The number of hydrogen-bond donors (Lipinski definition) is 2. The predicted octanol–water partition coefficient (Wildman–Crippen LogP) is 2.25. The summed E-state index contributed by atoms with van der Waals surface area (Å²) in [6.45, 7) is 5.42. The number of aliphatic hydroxyl groups excluding tert-OH is 1. The first-order valence-corrected chi connectivity index (χ1v) is 6.81. The number of aliphatic hydroxyl groups is 2. The molecule has 2 N–H and O–H groups in total. The quantitative estimate of drug-likeness (QED) is 0.755. The molecule has 0 bridgehead atoms. The largest absolute Gasteiger partial charge is 0.468 e. The Bertz CT molecular complexity index is 472. The average molecular weight is 266 g/mol. The van der Waals surface area contributed by atoms with Crippen LogP contribution in [0.4, 0.5) is 0 Å². The van der Waals surface area contributed by atoms with Gasteiger partial charge in [0, 0.05) is 12.8 Å². The van der Waals surface area contributed by atoms with Crippen LogP contribution < -0.4 is 0 Å². The van der Waals surface area contributed by atoms with Crippen molar-refractivity contribution in [1.29, 1.82) is 0 Å². The fourth-order valence-electron chi connectivity index (χ4n) is 2.72. The van der Waals surface area contributed by atoms with E-state index in [4.69, 9.17) is 4.42 Å². The number of carbonyl (C=O) groups is 1. The van der Waals surface area contributed by atoms with Crippen LogP contribution in [0.1, 0.15) is 54.8 Å². The summed E-state index contributed by atoms with van der Waals surface area (Å²) in [5, 5.41) is 20.4. The van der Waals surface area contributed by atoms with Gasteiger partial charge in [0.05, 0.1) is 23.5 Å². The van der Waals surface area contributed by atoms with E-state index in [2.05, 4.69) is 0 Å². The molecule has 0 saturated carbocycles. The summed E-state index contributed by atoms with van der Waals surface area (Å²) >= 11 is 0. The Balaban J connectivity index is 2.39. The average Bonchev–Trinajstić information content (AvgIpc) is 2.66. The van der Waals surface area contributed by atoms with Crippen LogP contribution >= 0.6 is 0 Å². The molecule has 4 heteroatoms. The highest BCUT2D eigenvalue weighted by molar-refractivity contribution is 5.99. The fourth-order valence-corrected chi connectivity index (χ4v) is 2.72. The van der Waals surface area contributed by atoms with Crippen molar-refractivity contribution < 1.29 is 19.4 Å². The number of rotatable bonds is 0. The molecular formula is C15H22O4. The van der Waals surface area contributed by atoms with E-state index in [0.29, 0.717) is 30.6 Å². The van der Waals surface area contributed by atoms with Gasteiger partial charge in [-0.05, 0) is 38.2 Å². The molecule has 3 atom stereocenters. The summed E-state index contributed by atoms with van der Waals surface area (Å²) in [7, 11) is 0. The molecule has 4 nitrogen and oxygen atoms in total. The van der Waals surface area contributed by atoms with Crippen molar-refractivity contribution in [3.8, 4) is 0 Å². The van der Waals surface area contributed by atoms with Crippen LogP contribution in [0.15, 0.2) is 10.7 Å². The zero-order chi connectivity index (χ0) is 14.2. The van der Waals surface area contributed by atoms with Gasteiger partial charge in [-0.15, -0.1) is 0 Å². The Hall–Kier alpha value is -1.13. The highest BCUT2D eigenvalue weighted by Gasteiger charge is 2.32. The molecule has 0 unspecified atom stereocenters. The van der Waals surface area contributed by atoms with Crippen LogP contribution in [-0.2, 0) is 6.42 Å². The minimum atomic E-state index is -1.07. The molecule has 0 spiro atoms. The SMILES string of the molecule is Cc1coc2c1C(=O)C[C@](C)(O)CC[C@H](O)[C@@H](C)C2. The lowest BCUT2D eigenvalue weighted by molar-refractivity contribution is 0.0152. The first kappa shape index (κ1) is 14.3. The van der Waals surface area contributed by atoms with Crippen molar-refractivity contribution in [1.82, 2.24) is 0 Å². The standard InChI is InChI=1S/C15H22O4/c1-9-6-13-14(10(2)8-19-13)12(17)7-15(3,18)5-4-11(9)16/h8-9,11,16,18H,4-7H2,1-3H3/t9-,11-,15+/m0/s1. The molecular weight excluding hydrogens is 244 g/mol. The van der Waals surface area contributed by atoms with Gasteiger partial charge in [0.1, 0.15) is 5.76 Å². The maximum absolute atomic E-state index is 12.3. The van der Waals surface area contributed by atoms with Crippen molar-refractivity contribution >= 4 is 5.78 Å². The van der Waals surface area contributed by atoms with E-state index in [0.717, 1.165) is 5.56 Å². The molecule has 1 aromatic rings. The molecule has 0 saturated heterocycles. The van der Waals surface area contributed by atoms with E-state index in [9.17, 15) is 15.0 Å². The van der Waals surface area contributed by atoms with Crippen molar-refractivity contribution in [2.75, 3.05) is 0 Å². The Labute approximate surface area is 113 Å². The number of Topliss-reactive ketones (excluding diaryl/α,β-unsaturated/α-hetero) is 1. The maximum atomic E-state index is 12.3. The van der Waals surface area contributed by atoms with E-state index in [1.807, 2.05) is 13.8 Å². The van der Waals surface area contributed by atoms with Gasteiger partial charge in [-0.2, -0.15) is 0 Å². The Kier molecular flexibility index (Phi) is 3.83. The van der Waals surface area contributed by atoms with Gasteiger partial charge in [-0.3, -0.25) is 4.79 Å². The third kappa shape index (κ3) is 3.07. The van der Waals surface area contributed by atoms with Crippen molar-refractivity contribution in [2.24, 2.45) is 5.92 Å². The molecule has 0 radical (unpaired) electrons. The molecule has 1 aliphatic rings. The molecule has 0 amide bonds. The van der Waals surface area contributed by atoms with Gasteiger partial charge in [0.2, 0.25) is 0 Å². The minimum absolute atomic E-state index is 0.00556. The molecule has 1 heterocycles. The first-order chi connectivity index (χ1) is 8.80. The van der Waals surface area contributed by atoms with Gasteiger partial charge in [-0.1, -0.05) is 6.92 Å². The molecule has 0 aromatic carbocycles. The summed E-state index contributed by atoms with van der Waals surface area (Å²) in [6, 6.07) is 0. The maximum Gasteiger partial charge on any atom is 0.169 e. The number of fused-ring (bicyclic) bond motifs is 1. The van der Waals surface area contributed by atoms with E-state index >= 15 is 0 Å². The minimum Gasteiger partial charge on any atom is -0.468 e. The first-order valence-electron chi connectivity index (χ1n) is 6.81. The lowest BCUT2D eigenvalue weighted by Gasteiger charge is -2.27. The lowest BCUT2D eigenvalue weighted by atomic mass is 9.84. The fraction of sp³-hybridized carbons (Fsp3) is 0.667. The van der Waals surface area contributed by atoms with Crippen LogP contribution in [0, 0.1) is 12.8 Å². The van der Waals surface area contributed by atoms with Crippen molar-refractivity contribution in [3.63, 3.8) is 0 Å². The van der Waals surface area contributed by atoms with Crippen LogP contribution in [-0.4, -0.2) is 27.7 Å². The van der Waals surface area contributed by atoms with E-state index in [1.165, 1.54) is 0 Å². The summed E-state index contributed by atoms with van der Waals surface area (Å²) < 4.78 is 5.46. The van der Waals surface area contributed by atoms with Crippen LogP contribution in [0.5, 0.6) is 0 Å². The molecule has 0 aliphatic heterocycles. The van der Waals surface area contributed by atoms with E-state index < -0.39 is 11.7 Å². The normalized spacial score (nSPS) is 33.0. The number of ketones is 1. The second kappa shape index (κ2) is 5.10. The third-order valence-electron chi connectivity index (χ3n) is 4.01. The number of hydrogen-bond acceptors (Lipinski definition) is 4. The highest BCUT2D eigenvalue weighted by Crippen LogP contribution is 2.30. The Morgan fingerprint density at radius 3 is 2.84 bits per heavy atom. The predicted molar refractivity (Wildman–Crippen MR) is 71.1 cm³/mol. The van der Waals surface area contributed by atoms with E-state index in [-0.39, 0.29) is 18.1 Å². The van der Waals surface area contributed by atoms with Crippen LogP contribution in [0.25, 0.3) is 0 Å². The van der Waals surface area contributed by atoms with Crippen LogP contribution in [0.2, 0.25) is 0 Å². The molecule has 0 fully saturated rings. The van der Waals surface area contributed by atoms with E-state index in [1.54, 1.807) is 13.2 Å². The lowest BCUT2D eigenvalue weighted by Crippen LogP contribution is -2.32. The van der Waals surface area contributed by atoms with Crippen molar-refractivity contribution in [2.45, 2.75) is 58.2 Å². The second-order valence-electron chi connectivity index (χ2n) is 6.10. The summed E-state index contributed by atoms with van der Waals surface area (Å²) in [6.07, 6.45) is 2.64. The number of carbonyl (C=O) groups excluding carboxylic acids is 1. The van der Waals surface area contributed by atoms with Crippen LogP contribution in [0.3, 0.4) is 0 Å². The summed E-state index contributed by atoms with van der Waals surface area (Å²) in [4.78, 5) is 12.3. The molecule has 19 heavy (non-hydrogen) atoms. The van der Waals surface area contributed by atoms with Crippen molar-refractivity contribution in [3.05, 3.63) is 23.2 Å². The topological polar surface area (TPSA) is 70.7 Å². The Morgan fingerprint density at radius 1 is 1.47 bits per heavy atom. The second-order valence-corrected chi connectivity index (χ2v) is 6.10. The highest BCUT2D eigenvalue weighted by atomic mass is 16.3. The zero-order valence-electron chi connectivity index (χ0n) is 11.8. The monoisotopic (exact) mass is 266 g/mol. The number of aryl methyl sites for hydroxylation is 1. The molecule has 106 valence electrons. The van der Waals surface area contributed by atoms with Gasteiger partial charge in [-0.25, -0.2) is 0 Å². The summed E-state index contributed by atoms with van der Waals surface area (Å²) in [5.74, 6) is 0.563. The third-order valence-corrected chi connectivity index (χ3v) is 4.01. The molecule has 1 aliphatic carbocycles. The molecule has 2 rings (SSSR count). The Morgan fingerprint density at radius 2 is 2.16 bits per heavy atom. The molecule has 1 aromatic heterocycles. The van der Waals surface area contributed by atoms with Gasteiger partial charge >= 0.3 is 0 Å². The smallest absolute Gasteiger partial charge is 0.169 e. The summed E-state index contributed by atoms with van der Waals surface area (Å²) in [5.41, 5.74) is 0.315. The zero-order valence-corrected chi connectivity index (χ0v) is 11.8. The van der Waals surface area contributed by atoms with Gasteiger partial charge < -0.3 is 14.6 Å². The van der Waals surface area contributed by atoms with Gasteiger partial charge in [0.15, 0.2) is 5.78 Å². The van der Waals surface area contributed by atoms with Gasteiger partial charge in [0.25, 0.3) is 0 Å².